The van der Waals surface area contributed by atoms with E-state index < -0.39 is 29.7 Å². The summed E-state index contributed by atoms with van der Waals surface area (Å²) in [6.45, 7) is -0.122. The van der Waals surface area contributed by atoms with E-state index >= 15 is 0 Å². The van der Waals surface area contributed by atoms with Gasteiger partial charge in [-0.05, 0) is 22.0 Å². The van der Waals surface area contributed by atoms with E-state index in [0.29, 0.717) is 6.07 Å². The molecule has 0 aliphatic carbocycles. The molecular weight excluding hydrogens is 342 g/mol. The first-order valence-corrected chi connectivity index (χ1v) is 6.21. The molecule has 0 radical (unpaired) electrons. The topological polar surface area (TPSA) is 98.7 Å². The second-order valence-corrected chi connectivity index (χ2v) is 4.62. The van der Waals surface area contributed by atoms with E-state index in [0.717, 1.165) is 6.07 Å². The molecule has 0 saturated carbocycles. The summed E-state index contributed by atoms with van der Waals surface area (Å²) >= 11 is 2.85. The van der Waals surface area contributed by atoms with Crippen molar-refractivity contribution in [3.8, 4) is 0 Å². The second-order valence-electron chi connectivity index (χ2n) is 3.77. The largest absolute Gasteiger partial charge is 0.479 e. The number of carboxylic acids is 1. The summed E-state index contributed by atoms with van der Waals surface area (Å²) < 4.78 is 26.3. The molecule has 0 saturated heterocycles. The van der Waals surface area contributed by atoms with E-state index in [1.54, 1.807) is 0 Å². The smallest absolute Gasteiger partial charge is 0.332 e. The van der Waals surface area contributed by atoms with Crippen molar-refractivity contribution < 1.29 is 28.6 Å². The van der Waals surface area contributed by atoms with Crippen LogP contribution < -0.4 is 10.6 Å². The number of nitrogens with one attached hydrogen (secondary N) is 2. The monoisotopic (exact) mass is 352 g/mol. The van der Waals surface area contributed by atoms with E-state index in [2.05, 4.69) is 26.6 Å². The molecule has 2 amide bonds. The standard InChI is InChI=1S/C11H11BrF2N2O4/c12-5-3-8(7(14)4-6(5)13)16-11(20)15-2-1-9(17)10(18)19/h3-4,9,17H,1-2H2,(H,18,19)(H2,15,16,20). The molecule has 110 valence electrons. The Bertz CT molecular complexity index is 527. The van der Waals surface area contributed by atoms with Crippen LogP contribution in [0.4, 0.5) is 19.3 Å². The van der Waals surface area contributed by atoms with E-state index in [4.69, 9.17) is 10.2 Å². The summed E-state index contributed by atoms with van der Waals surface area (Å²) in [6, 6.07) is 0.851. The van der Waals surface area contributed by atoms with Gasteiger partial charge in [-0.3, -0.25) is 0 Å². The number of benzene rings is 1. The summed E-state index contributed by atoms with van der Waals surface area (Å²) in [7, 11) is 0. The Morgan fingerprint density at radius 1 is 1.30 bits per heavy atom. The fraction of sp³-hybridized carbons (Fsp3) is 0.273. The number of aliphatic hydroxyl groups is 1. The molecule has 1 unspecified atom stereocenters. The molecule has 4 N–H and O–H groups in total. The van der Waals surface area contributed by atoms with Gasteiger partial charge in [-0.15, -0.1) is 0 Å². The van der Waals surface area contributed by atoms with Gasteiger partial charge in [-0.25, -0.2) is 18.4 Å². The lowest BCUT2D eigenvalue weighted by molar-refractivity contribution is -0.146. The van der Waals surface area contributed by atoms with Crippen molar-refractivity contribution in [1.82, 2.24) is 5.32 Å². The van der Waals surface area contributed by atoms with Crippen molar-refractivity contribution in [2.24, 2.45) is 0 Å². The number of aliphatic carboxylic acids is 1. The summed E-state index contributed by atoms with van der Waals surface area (Å²) in [4.78, 5) is 21.7. The second kappa shape index (κ2) is 7.15. The summed E-state index contributed by atoms with van der Waals surface area (Å²) in [5.41, 5.74) is -0.241. The van der Waals surface area contributed by atoms with Crippen molar-refractivity contribution >= 4 is 33.6 Å². The number of anilines is 1. The van der Waals surface area contributed by atoms with Gasteiger partial charge >= 0.3 is 12.0 Å². The normalized spacial score (nSPS) is 11.8. The Hall–Kier alpha value is -1.74. The molecule has 0 bridgehead atoms. The van der Waals surface area contributed by atoms with Crippen molar-refractivity contribution in [2.45, 2.75) is 12.5 Å². The molecule has 0 spiro atoms. The van der Waals surface area contributed by atoms with Gasteiger partial charge in [0.25, 0.3) is 0 Å². The molecule has 6 nitrogen and oxygen atoms in total. The van der Waals surface area contributed by atoms with E-state index in [-0.39, 0.29) is 23.1 Å². The summed E-state index contributed by atoms with van der Waals surface area (Å²) in [6.07, 6.45) is -1.79. The lowest BCUT2D eigenvalue weighted by Gasteiger charge is -2.10. The number of rotatable bonds is 5. The van der Waals surface area contributed by atoms with Crippen LogP contribution in [0.15, 0.2) is 16.6 Å². The molecule has 1 aromatic carbocycles. The zero-order valence-electron chi connectivity index (χ0n) is 9.99. The van der Waals surface area contributed by atoms with Crippen LogP contribution >= 0.6 is 15.9 Å². The molecule has 0 aromatic heterocycles. The molecule has 0 aliphatic rings. The van der Waals surface area contributed by atoms with Gasteiger partial charge < -0.3 is 20.8 Å². The number of hydrogen-bond acceptors (Lipinski definition) is 3. The molecule has 9 heteroatoms. The first-order chi connectivity index (χ1) is 9.31. The number of carbonyl (C=O) groups excluding carboxylic acids is 1. The highest BCUT2D eigenvalue weighted by atomic mass is 79.9. The van der Waals surface area contributed by atoms with Gasteiger partial charge in [0.2, 0.25) is 0 Å². The quantitative estimate of drug-likeness (QED) is 0.606. The SMILES string of the molecule is O=C(NCCC(O)C(=O)O)Nc1cc(Br)c(F)cc1F. The van der Waals surface area contributed by atoms with Crippen LogP contribution in [-0.4, -0.2) is 34.9 Å². The minimum atomic E-state index is -1.59. The maximum absolute atomic E-state index is 13.3. The Labute approximate surface area is 120 Å². The Morgan fingerprint density at radius 2 is 1.95 bits per heavy atom. The number of hydrogen-bond donors (Lipinski definition) is 4. The lowest BCUT2D eigenvalue weighted by Crippen LogP contribution is -2.33. The fourth-order valence-corrected chi connectivity index (χ4v) is 1.57. The third kappa shape index (κ3) is 4.74. The van der Waals surface area contributed by atoms with Crippen LogP contribution in [0.3, 0.4) is 0 Å². The predicted octanol–water partition coefficient (Wildman–Crippen LogP) is 1.68. The summed E-state index contributed by atoms with van der Waals surface area (Å²) in [5, 5.41) is 21.7. The Balaban J connectivity index is 2.51. The van der Waals surface area contributed by atoms with Gasteiger partial charge in [0.15, 0.2) is 6.10 Å². The first-order valence-electron chi connectivity index (χ1n) is 5.41. The number of urea groups is 1. The highest BCUT2D eigenvalue weighted by Crippen LogP contribution is 2.23. The Morgan fingerprint density at radius 3 is 2.55 bits per heavy atom. The third-order valence-electron chi connectivity index (χ3n) is 2.25. The Kier molecular flexibility index (Phi) is 5.83. The molecule has 1 aromatic rings. The van der Waals surface area contributed by atoms with Crippen molar-refractivity contribution in [2.75, 3.05) is 11.9 Å². The van der Waals surface area contributed by atoms with E-state index in [9.17, 15) is 18.4 Å². The highest BCUT2D eigenvalue weighted by Gasteiger charge is 2.14. The zero-order chi connectivity index (χ0) is 15.3. The minimum absolute atomic E-state index is 0.0181. The van der Waals surface area contributed by atoms with Crippen molar-refractivity contribution in [1.29, 1.82) is 0 Å². The van der Waals surface area contributed by atoms with Crippen LogP contribution in [-0.2, 0) is 4.79 Å². The highest BCUT2D eigenvalue weighted by molar-refractivity contribution is 9.10. The van der Waals surface area contributed by atoms with Gasteiger partial charge in [0.1, 0.15) is 11.6 Å². The number of halogens is 3. The van der Waals surface area contributed by atoms with Crippen LogP contribution in [0.25, 0.3) is 0 Å². The van der Waals surface area contributed by atoms with Gasteiger partial charge in [-0.1, -0.05) is 0 Å². The first kappa shape index (κ1) is 16.3. The molecule has 20 heavy (non-hydrogen) atoms. The van der Waals surface area contributed by atoms with Crippen LogP contribution in [0.2, 0.25) is 0 Å². The molecule has 1 atom stereocenters. The third-order valence-corrected chi connectivity index (χ3v) is 2.85. The van der Waals surface area contributed by atoms with Gasteiger partial charge in [-0.2, -0.15) is 0 Å². The van der Waals surface area contributed by atoms with Crippen LogP contribution in [0.5, 0.6) is 0 Å². The molecule has 0 aliphatic heterocycles. The molecule has 1 rings (SSSR count). The number of amides is 2. The maximum atomic E-state index is 13.3. The fourth-order valence-electron chi connectivity index (χ4n) is 1.23. The van der Waals surface area contributed by atoms with Gasteiger partial charge in [0, 0.05) is 19.0 Å². The van der Waals surface area contributed by atoms with Crippen LogP contribution in [0.1, 0.15) is 6.42 Å². The van der Waals surface area contributed by atoms with Crippen molar-refractivity contribution in [3.63, 3.8) is 0 Å². The minimum Gasteiger partial charge on any atom is -0.479 e. The average molecular weight is 353 g/mol. The molecule has 0 fully saturated rings. The van der Waals surface area contributed by atoms with E-state index in [1.807, 2.05) is 0 Å². The maximum Gasteiger partial charge on any atom is 0.332 e. The zero-order valence-corrected chi connectivity index (χ0v) is 11.6. The van der Waals surface area contributed by atoms with E-state index in [1.165, 1.54) is 0 Å². The van der Waals surface area contributed by atoms with Gasteiger partial charge in [0.05, 0.1) is 10.2 Å². The van der Waals surface area contributed by atoms with Crippen LogP contribution in [0, 0.1) is 11.6 Å². The summed E-state index contributed by atoms with van der Waals surface area (Å²) in [5.74, 6) is -3.16. The predicted molar refractivity (Wildman–Crippen MR) is 69.3 cm³/mol. The van der Waals surface area contributed by atoms with Crippen molar-refractivity contribution in [3.05, 3.63) is 28.2 Å². The number of carboxylic acid groups (broad SMARTS) is 1. The molecular formula is C11H11BrF2N2O4. The molecule has 0 heterocycles. The average Bonchev–Trinajstić information content (AvgIpc) is 2.35. The number of carbonyl (C=O) groups is 2. The lowest BCUT2D eigenvalue weighted by atomic mass is 10.2. The number of aliphatic hydroxyl groups excluding tert-OH is 1.